The predicted octanol–water partition coefficient (Wildman–Crippen LogP) is 3.20. The zero-order valence-electron chi connectivity index (χ0n) is 49.6. The monoisotopic (exact) mass is 1080 g/mol. The maximum Gasteiger partial charge on any atom is 0.305 e. The number of carbonyl (C=O) groups excluding carboxylic acids is 7. The highest BCUT2D eigenvalue weighted by molar-refractivity contribution is 5.80. The third-order valence-corrected chi connectivity index (χ3v) is 12.6. The van der Waals surface area contributed by atoms with Crippen LogP contribution in [-0.4, -0.2) is 230 Å². The molecule has 6 N–H and O–H groups in total. The predicted molar refractivity (Wildman–Crippen MR) is 303 cm³/mol. The Balaban J connectivity index is 5.12. The van der Waals surface area contributed by atoms with Gasteiger partial charge in [0, 0.05) is 188 Å². The standard InChI is InChI=1S/C56H110N10O10/c1-45(2)42-64(35-26-61-55(72)21-32-65(43-46(3)4)36-37-66(49(9)10)44-47(5)6)31-20-54(71)60-25-34-63(28-17-51(68)48(7)8)30-19-53(70)59-24-33-62(27-16-50(67)14-12-22-57)29-18-52(69)58-23-13-15-56(73)76-41-40-75-39-38-74-11/h45-49H,12-44,57H2,1-11H3,(H,58,69)(H,59,70)(H,60,71)(H,61,72). The summed E-state index contributed by atoms with van der Waals surface area (Å²) in [6, 6.07) is 0.475. The van der Waals surface area contributed by atoms with Gasteiger partial charge in [-0.05, 0) is 51.0 Å². The summed E-state index contributed by atoms with van der Waals surface area (Å²) in [5.41, 5.74) is 5.60. The minimum atomic E-state index is -0.363. The maximum atomic E-state index is 13.1. The Morgan fingerprint density at radius 2 is 0.868 bits per heavy atom. The first kappa shape index (κ1) is 72.4. The van der Waals surface area contributed by atoms with Crippen molar-refractivity contribution in [2.24, 2.45) is 29.4 Å². The number of methoxy groups -OCH3 is 1. The van der Waals surface area contributed by atoms with E-state index in [1.165, 1.54) is 0 Å². The highest BCUT2D eigenvalue weighted by Gasteiger charge is 2.19. The van der Waals surface area contributed by atoms with E-state index in [1.807, 2.05) is 23.6 Å². The maximum absolute atomic E-state index is 13.1. The highest BCUT2D eigenvalue weighted by Crippen LogP contribution is 2.08. The van der Waals surface area contributed by atoms with Gasteiger partial charge in [-0.1, -0.05) is 55.4 Å². The number of ether oxygens (including phenoxy) is 3. The van der Waals surface area contributed by atoms with Crippen molar-refractivity contribution >= 4 is 41.2 Å². The van der Waals surface area contributed by atoms with E-state index in [0.717, 1.165) is 39.3 Å². The average Bonchev–Trinajstić information content (AvgIpc) is 3.35. The number of carbonyl (C=O) groups is 7. The van der Waals surface area contributed by atoms with Gasteiger partial charge in [0.1, 0.15) is 18.2 Å². The number of nitrogens with one attached hydrogen (secondary N) is 4. The van der Waals surface area contributed by atoms with Crippen molar-refractivity contribution in [3.63, 3.8) is 0 Å². The lowest BCUT2D eigenvalue weighted by molar-refractivity contribution is -0.145. The van der Waals surface area contributed by atoms with Crippen LogP contribution < -0.4 is 27.0 Å². The molecule has 0 aromatic carbocycles. The number of Topliss-reactive ketones (excluding diaryl/α,β-unsaturated/α-hetero) is 2. The zero-order valence-corrected chi connectivity index (χ0v) is 49.6. The first-order valence-corrected chi connectivity index (χ1v) is 28.8. The minimum Gasteiger partial charge on any atom is -0.463 e. The molecule has 0 radical (unpaired) electrons. The van der Waals surface area contributed by atoms with Gasteiger partial charge in [-0.15, -0.1) is 0 Å². The van der Waals surface area contributed by atoms with Gasteiger partial charge < -0.3 is 60.8 Å². The molecule has 20 nitrogen and oxygen atoms in total. The molecule has 20 heteroatoms. The normalized spacial score (nSPS) is 11.9. The summed E-state index contributed by atoms with van der Waals surface area (Å²) < 4.78 is 15.3. The number of rotatable bonds is 51. The van der Waals surface area contributed by atoms with Crippen molar-refractivity contribution in [3.05, 3.63) is 0 Å². The van der Waals surface area contributed by atoms with Gasteiger partial charge in [-0.3, -0.25) is 38.5 Å². The average molecular weight is 1080 g/mol. The molecule has 0 aromatic rings. The molecular weight excluding hydrogens is 973 g/mol. The topological polar surface area (TPSA) is 238 Å². The number of esters is 1. The van der Waals surface area contributed by atoms with E-state index in [-0.39, 0.29) is 79.6 Å². The van der Waals surface area contributed by atoms with Gasteiger partial charge in [0.15, 0.2) is 0 Å². The molecular formula is C56H110N10O10. The van der Waals surface area contributed by atoms with Crippen LogP contribution in [0.15, 0.2) is 0 Å². The lowest BCUT2D eigenvalue weighted by atomic mass is 10.1. The summed E-state index contributed by atoms with van der Waals surface area (Å²) >= 11 is 0. The zero-order chi connectivity index (χ0) is 57.1. The van der Waals surface area contributed by atoms with Crippen LogP contribution in [0.25, 0.3) is 0 Å². The molecule has 0 heterocycles. The number of ketones is 2. The summed E-state index contributed by atoms with van der Waals surface area (Å²) in [4.78, 5) is 100. The second kappa shape index (κ2) is 46.3. The van der Waals surface area contributed by atoms with Crippen molar-refractivity contribution in [3.8, 4) is 0 Å². The van der Waals surface area contributed by atoms with Gasteiger partial charge >= 0.3 is 5.97 Å². The lowest BCUT2D eigenvalue weighted by Crippen LogP contribution is -2.43. The quantitative estimate of drug-likeness (QED) is 0.0435. The Morgan fingerprint density at radius 3 is 1.33 bits per heavy atom. The minimum absolute atomic E-state index is 0.0412. The van der Waals surface area contributed by atoms with Crippen LogP contribution in [0.2, 0.25) is 0 Å². The second-order valence-corrected chi connectivity index (χ2v) is 21.9. The van der Waals surface area contributed by atoms with Crippen LogP contribution in [0.5, 0.6) is 0 Å². The van der Waals surface area contributed by atoms with Crippen molar-refractivity contribution in [2.45, 2.75) is 139 Å². The van der Waals surface area contributed by atoms with E-state index in [2.05, 4.69) is 91.4 Å². The fraction of sp³-hybridized carbons (Fsp3) is 0.875. The molecule has 0 atom stereocenters. The molecule has 0 aliphatic carbocycles. The Morgan fingerprint density at radius 1 is 0.434 bits per heavy atom. The molecule has 444 valence electrons. The molecule has 0 rings (SSSR count). The lowest BCUT2D eigenvalue weighted by Gasteiger charge is -2.32. The molecule has 0 aromatic heterocycles. The molecule has 0 aliphatic rings. The van der Waals surface area contributed by atoms with E-state index in [9.17, 15) is 33.6 Å². The van der Waals surface area contributed by atoms with Crippen molar-refractivity contribution < 1.29 is 47.8 Å². The molecule has 0 unspecified atom stereocenters. The van der Waals surface area contributed by atoms with E-state index in [0.29, 0.717) is 167 Å². The fourth-order valence-electron chi connectivity index (χ4n) is 8.30. The van der Waals surface area contributed by atoms with Gasteiger partial charge in [0.2, 0.25) is 23.6 Å². The SMILES string of the molecule is COCCOCCOC(=O)CCCNC(=O)CCN(CCNC(=O)CCN(CCNC(=O)CCN(CCNC(=O)CCN(CCN(CC(C)C)C(C)C)CC(C)C)CC(C)C)CCC(=O)C(C)C)CCC(=O)CCCN. The number of nitrogens with two attached hydrogens (primary N) is 1. The Hall–Kier alpha value is -3.63. The third-order valence-electron chi connectivity index (χ3n) is 12.6. The summed E-state index contributed by atoms with van der Waals surface area (Å²) in [6.07, 6.45) is 3.36. The van der Waals surface area contributed by atoms with Gasteiger partial charge in [-0.25, -0.2) is 0 Å². The summed E-state index contributed by atoms with van der Waals surface area (Å²) in [6.45, 7) is 33.9. The number of hydrogen-bond acceptors (Lipinski definition) is 16. The molecule has 0 fully saturated rings. The smallest absolute Gasteiger partial charge is 0.305 e. The van der Waals surface area contributed by atoms with Crippen molar-refractivity contribution in [1.29, 1.82) is 0 Å². The van der Waals surface area contributed by atoms with Crippen LogP contribution in [0, 0.1) is 23.7 Å². The van der Waals surface area contributed by atoms with E-state index in [4.69, 9.17) is 19.9 Å². The Kier molecular flexibility index (Phi) is 44.1. The molecule has 0 aliphatic heterocycles. The van der Waals surface area contributed by atoms with Crippen LogP contribution in [0.3, 0.4) is 0 Å². The number of nitrogens with zero attached hydrogens (tertiary/aromatic N) is 5. The number of amides is 4. The summed E-state index contributed by atoms with van der Waals surface area (Å²) in [7, 11) is 1.58. The molecule has 0 bridgehead atoms. The Bertz CT molecular complexity index is 1570. The van der Waals surface area contributed by atoms with E-state index in [1.54, 1.807) is 7.11 Å². The first-order chi connectivity index (χ1) is 36.1. The molecule has 0 saturated heterocycles. The number of hydrogen-bond donors (Lipinski definition) is 5. The van der Waals surface area contributed by atoms with Gasteiger partial charge in [-0.2, -0.15) is 0 Å². The highest BCUT2D eigenvalue weighted by atomic mass is 16.6. The van der Waals surface area contributed by atoms with Crippen LogP contribution in [0.1, 0.15) is 133 Å². The summed E-state index contributed by atoms with van der Waals surface area (Å²) in [5, 5.41) is 12.0. The fourth-order valence-corrected chi connectivity index (χ4v) is 8.30. The largest absolute Gasteiger partial charge is 0.463 e. The van der Waals surface area contributed by atoms with Crippen LogP contribution in [0.4, 0.5) is 0 Å². The molecule has 0 saturated carbocycles. The van der Waals surface area contributed by atoms with E-state index < -0.39 is 0 Å². The van der Waals surface area contributed by atoms with Crippen LogP contribution in [-0.2, 0) is 47.8 Å². The molecule has 0 spiro atoms. The summed E-state index contributed by atoms with van der Waals surface area (Å²) in [5.74, 6) is 0.846. The van der Waals surface area contributed by atoms with Gasteiger partial charge in [0.05, 0.1) is 19.8 Å². The third kappa shape index (κ3) is 43.4. The molecule has 76 heavy (non-hydrogen) atoms. The van der Waals surface area contributed by atoms with Crippen LogP contribution >= 0.6 is 0 Å². The van der Waals surface area contributed by atoms with Crippen molar-refractivity contribution in [1.82, 2.24) is 45.8 Å². The van der Waals surface area contributed by atoms with Gasteiger partial charge in [0.25, 0.3) is 0 Å². The Labute approximate surface area is 460 Å². The van der Waals surface area contributed by atoms with E-state index >= 15 is 0 Å². The van der Waals surface area contributed by atoms with Crippen molar-refractivity contribution in [2.75, 3.05) is 158 Å². The first-order valence-electron chi connectivity index (χ1n) is 28.8. The molecule has 4 amide bonds. The second-order valence-electron chi connectivity index (χ2n) is 21.9.